The molecule has 0 radical (unpaired) electrons. The summed E-state index contributed by atoms with van der Waals surface area (Å²) in [5.74, 6) is -0.326. The number of anilines is 1. The van der Waals surface area contributed by atoms with E-state index >= 15 is 0 Å². The third-order valence-corrected chi connectivity index (χ3v) is 4.00. The van der Waals surface area contributed by atoms with Gasteiger partial charge in [-0.25, -0.2) is 4.79 Å². The fourth-order valence-corrected chi connectivity index (χ4v) is 2.98. The third kappa shape index (κ3) is 2.96. The molecule has 0 atom stereocenters. The number of nitrogens with zero attached hydrogens (tertiary/aromatic N) is 1. The molecule has 4 nitrogen and oxygen atoms in total. The van der Waals surface area contributed by atoms with Crippen LogP contribution < -0.4 is 5.73 Å². The van der Waals surface area contributed by atoms with Crippen LogP contribution in [0.5, 0.6) is 0 Å². The zero-order valence-electron chi connectivity index (χ0n) is 12.8. The Bertz CT molecular complexity index is 476. The van der Waals surface area contributed by atoms with E-state index in [0.717, 1.165) is 19.3 Å². The van der Waals surface area contributed by atoms with Crippen molar-refractivity contribution in [1.82, 2.24) is 5.06 Å². The first-order valence-corrected chi connectivity index (χ1v) is 7.11. The van der Waals surface area contributed by atoms with Gasteiger partial charge in [-0.3, -0.25) is 0 Å². The lowest BCUT2D eigenvalue weighted by molar-refractivity contribution is -0.240. The van der Waals surface area contributed by atoms with Crippen LogP contribution in [0.2, 0.25) is 0 Å². The monoisotopic (exact) mass is 276 g/mol. The summed E-state index contributed by atoms with van der Waals surface area (Å²) in [5.41, 5.74) is 6.50. The largest absolute Gasteiger partial charge is 0.399 e. The van der Waals surface area contributed by atoms with Crippen molar-refractivity contribution in [2.45, 2.75) is 58.0 Å². The Kier molecular flexibility index (Phi) is 3.78. The summed E-state index contributed by atoms with van der Waals surface area (Å²) < 4.78 is 0. The number of rotatable bonds is 2. The molecular formula is C16H24N2O2. The van der Waals surface area contributed by atoms with Crippen molar-refractivity contribution < 1.29 is 9.63 Å². The highest BCUT2D eigenvalue weighted by atomic mass is 16.7. The first kappa shape index (κ1) is 14.9. The first-order valence-electron chi connectivity index (χ1n) is 7.11. The second kappa shape index (κ2) is 5.09. The molecule has 0 amide bonds. The molecule has 0 aliphatic carbocycles. The van der Waals surface area contributed by atoms with Crippen LogP contribution in [-0.4, -0.2) is 22.1 Å². The summed E-state index contributed by atoms with van der Waals surface area (Å²) >= 11 is 0. The summed E-state index contributed by atoms with van der Waals surface area (Å²) in [5, 5.41) is 1.86. The van der Waals surface area contributed by atoms with Gasteiger partial charge in [0.05, 0.1) is 16.6 Å². The van der Waals surface area contributed by atoms with E-state index in [0.29, 0.717) is 11.3 Å². The number of carbonyl (C=O) groups is 1. The predicted molar refractivity (Wildman–Crippen MR) is 80.1 cm³/mol. The molecule has 110 valence electrons. The van der Waals surface area contributed by atoms with Crippen LogP contribution in [0, 0.1) is 0 Å². The minimum absolute atomic E-state index is 0.148. The smallest absolute Gasteiger partial charge is 0.357 e. The maximum Gasteiger partial charge on any atom is 0.357 e. The molecule has 1 aromatic carbocycles. The Morgan fingerprint density at radius 3 is 2.10 bits per heavy atom. The van der Waals surface area contributed by atoms with E-state index in [1.54, 1.807) is 24.3 Å². The van der Waals surface area contributed by atoms with Crippen molar-refractivity contribution in [3.8, 4) is 0 Å². The zero-order chi connectivity index (χ0) is 15.0. The predicted octanol–water partition coefficient (Wildman–Crippen LogP) is 3.38. The Morgan fingerprint density at radius 2 is 1.60 bits per heavy atom. The number of nitrogens with two attached hydrogens (primary N) is 1. The molecule has 0 aromatic heterocycles. The fourth-order valence-electron chi connectivity index (χ4n) is 2.98. The van der Waals surface area contributed by atoms with Crippen molar-refractivity contribution in [3.63, 3.8) is 0 Å². The van der Waals surface area contributed by atoms with E-state index in [1.807, 2.05) is 5.06 Å². The zero-order valence-corrected chi connectivity index (χ0v) is 12.8. The van der Waals surface area contributed by atoms with Crippen molar-refractivity contribution in [3.05, 3.63) is 29.8 Å². The standard InChI is InChI=1S/C16H24N2O2/c1-15(2)10-5-11-16(3,4)18(15)20-14(19)12-6-8-13(17)9-7-12/h6-9H,5,10-11,17H2,1-4H3. The third-order valence-electron chi connectivity index (χ3n) is 4.00. The molecule has 1 fully saturated rings. The Morgan fingerprint density at radius 1 is 1.10 bits per heavy atom. The highest BCUT2D eigenvalue weighted by Gasteiger charge is 2.44. The molecule has 1 saturated heterocycles. The molecule has 4 heteroatoms. The summed E-state index contributed by atoms with van der Waals surface area (Å²) in [6.45, 7) is 8.46. The second-order valence-corrected chi connectivity index (χ2v) is 6.77. The van der Waals surface area contributed by atoms with E-state index in [2.05, 4.69) is 27.7 Å². The van der Waals surface area contributed by atoms with E-state index in [-0.39, 0.29) is 17.0 Å². The van der Waals surface area contributed by atoms with Gasteiger partial charge < -0.3 is 10.6 Å². The maximum absolute atomic E-state index is 12.3. The Hall–Kier alpha value is -1.55. The molecule has 0 spiro atoms. The average Bonchev–Trinajstić information content (AvgIpc) is 2.34. The summed E-state index contributed by atoms with van der Waals surface area (Å²) in [6, 6.07) is 6.81. The molecule has 0 bridgehead atoms. The van der Waals surface area contributed by atoms with Gasteiger partial charge >= 0.3 is 5.97 Å². The fraction of sp³-hybridized carbons (Fsp3) is 0.562. The molecule has 2 N–H and O–H groups in total. The van der Waals surface area contributed by atoms with Crippen LogP contribution in [0.3, 0.4) is 0 Å². The average molecular weight is 276 g/mol. The summed E-state index contributed by atoms with van der Waals surface area (Å²) in [4.78, 5) is 18.0. The van der Waals surface area contributed by atoms with Gasteiger partial charge in [-0.15, -0.1) is 5.06 Å². The van der Waals surface area contributed by atoms with Crippen LogP contribution >= 0.6 is 0 Å². The van der Waals surface area contributed by atoms with Gasteiger partial charge in [0, 0.05) is 5.69 Å². The highest BCUT2D eigenvalue weighted by Crippen LogP contribution is 2.38. The molecular weight excluding hydrogens is 252 g/mol. The van der Waals surface area contributed by atoms with Crippen LogP contribution in [-0.2, 0) is 4.84 Å². The van der Waals surface area contributed by atoms with Crippen LogP contribution in [0.4, 0.5) is 5.69 Å². The molecule has 1 aliphatic rings. The molecule has 0 saturated carbocycles. The lowest BCUT2D eigenvalue weighted by atomic mass is 9.82. The van der Waals surface area contributed by atoms with E-state index in [9.17, 15) is 4.79 Å². The van der Waals surface area contributed by atoms with Gasteiger partial charge in [0.2, 0.25) is 0 Å². The van der Waals surface area contributed by atoms with Gasteiger partial charge in [-0.2, -0.15) is 0 Å². The summed E-state index contributed by atoms with van der Waals surface area (Å²) in [6.07, 6.45) is 3.19. The molecule has 1 heterocycles. The number of carbonyl (C=O) groups excluding carboxylic acids is 1. The SMILES string of the molecule is CC1(C)CCCC(C)(C)N1OC(=O)c1ccc(N)cc1. The maximum atomic E-state index is 12.3. The number of nitrogen functional groups attached to an aromatic ring is 1. The lowest BCUT2D eigenvalue weighted by Gasteiger charge is -2.50. The summed E-state index contributed by atoms with van der Waals surface area (Å²) in [7, 11) is 0. The number of hydrogen-bond donors (Lipinski definition) is 1. The van der Waals surface area contributed by atoms with Crippen LogP contribution in [0.15, 0.2) is 24.3 Å². The Labute approximate surface area is 120 Å². The molecule has 1 aromatic rings. The van der Waals surface area contributed by atoms with Gasteiger partial charge in [-0.1, -0.05) is 0 Å². The van der Waals surface area contributed by atoms with Crippen molar-refractivity contribution in [2.24, 2.45) is 0 Å². The van der Waals surface area contributed by atoms with E-state index < -0.39 is 0 Å². The van der Waals surface area contributed by atoms with E-state index in [1.165, 1.54) is 0 Å². The van der Waals surface area contributed by atoms with Crippen molar-refractivity contribution in [1.29, 1.82) is 0 Å². The van der Waals surface area contributed by atoms with Gasteiger partial charge in [-0.05, 0) is 71.2 Å². The minimum Gasteiger partial charge on any atom is -0.399 e. The Balaban J connectivity index is 2.18. The van der Waals surface area contributed by atoms with Gasteiger partial charge in [0.25, 0.3) is 0 Å². The highest BCUT2D eigenvalue weighted by molar-refractivity contribution is 5.89. The topological polar surface area (TPSA) is 55.6 Å². The molecule has 1 aliphatic heterocycles. The lowest BCUT2D eigenvalue weighted by Crippen LogP contribution is -2.58. The van der Waals surface area contributed by atoms with Gasteiger partial charge in [0.15, 0.2) is 0 Å². The van der Waals surface area contributed by atoms with E-state index in [4.69, 9.17) is 10.6 Å². The van der Waals surface area contributed by atoms with Crippen molar-refractivity contribution >= 4 is 11.7 Å². The minimum atomic E-state index is -0.326. The molecule has 2 rings (SSSR count). The van der Waals surface area contributed by atoms with Crippen LogP contribution in [0.25, 0.3) is 0 Å². The number of hydrogen-bond acceptors (Lipinski definition) is 4. The normalized spacial score (nSPS) is 21.4. The number of piperidine rings is 1. The number of hydroxylamine groups is 2. The molecule has 0 unspecified atom stereocenters. The first-order chi connectivity index (χ1) is 9.22. The van der Waals surface area contributed by atoms with Crippen LogP contribution in [0.1, 0.15) is 57.3 Å². The quantitative estimate of drug-likeness (QED) is 0.841. The molecule has 20 heavy (non-hydrogen) atoms. The van der Waals surface area contributed by atoms with Gasteiger partial charge in [0.1, 0.15) is 0 Å². The number of benzene rings is 1. The van der Waals surface area contributed by atoms with Crippen molar-refractivity contribution in [2.75, 3.05) is 5.73 Å². The second-order valence-electron chi connectivity index (χ2n) is 6.77.